The Balaban J connectivity index is 1.92. The van der Waals surface area contributed by atoms with Crippen LogP contribution in [0.1, 0.15) is 17.0 Å². The van der Waals surface area contributed by atoms with Crippen LogP contribution < -0.4 is 0 Å². The second-order valence-corrected chi connectivity index (χ2v) is 4.84. The Kier molecular flexibility index (Phi) is 3.24. The van der Waals surface area contributed by atoms with Gasteiger partial charge in [0.2, 0.25) is 0 Å². The summed E-state index contributed by atoms with van der Waals surface area (Å²) in [5.74, 6) is 0.773. The third-order valence-electron chi connectivity index (χ3n) is 2.96. The van der Waals surface area contributed by atoms with E-state index in [0.29, 0.717) is 0 Å². The van der Waals surface area contributed by atoms with Crippen LogP contribution in [0.15, 0.2) is 24.3 Å². The van der Waals surface area contributed by atoms with Crippen LogP contribution in [0.25, 0.3) is 0 Å². The number of hydrogen-bond donors (Lipinski definition) is 0. The predicted molar refractivity (Wildman–Crippen MR) is 64.2 cm³/mol. The van der Waals surface area contributed by atoms with Crippen molar-refractivity contribution in [1.82, 2.24) is 4.90 Å². The highest BCUT2D eigenvalue weighted by atomic mass is 79.9. The first-order valence-electron chi connectivity index (χ1n) is 5.13. The molecule has 14 heavy (non-hydrogen) atoms. The molecule has 0 aliphatic heterocycles. The molecule has 1 aliphatic carbocycles. The first-order valence-corrected chi connectivity index (χ1v) is 6.25. The maximum Gasteiger partial charge on any atom is 0.0159 e. The molecule has 0 bridgehead atoms. The Labute approximate surface area is 94.2 Å². The minimum atomic E-state index is 0.773. The largest absolute Gasteiger partial charge is 0.305 e. The summed E-state index contributed by atoms with van der Waals surface area (Å²) >= 11 is 3.47. The second-order valence-electron chi connectivity index (χ2n) is 4.05. The van der Waals surface area contributed by atoms with Gasteiger partial charge in [0.15, 0.2) is 0 Å². The third kappa shape index (κ3) is 2.01. The predicted octanol–water partition coefficient (Wildman–Crippen LogP) is 2.65. The third-order valence-corrected chi connectivity index (χ3v) is 3.31. The molecule has 0 N–H and O–H groups in total. The van der Waals surface area contributed by atoms with Crippen LogP contribution >= 0.6 is 15.9 Å². The van der Waals surface area contributed by atoms with Gasteiger partial charge in [-0.25, -0.2) is 0 Å². The lowest BCUT2D eigenvalue weighted by Crippen LogP contribution is -2.31. The summed E-state index contributed by atoms with van der Waals surface area (Å²) in [6.45, 7) is 2.33. The van der Waals surface area contributed by atoms with E-state index in [1.165, 1.54) is 13.0 Å². The van der Waals surface area contributed by atoms with Crippen molar-refractivity contribution in [2.75, 3.05) is 25.5 Å². The average Bonchev–Trinajstić information content (AvgIpc) is 2.15. The van der Waals surface area contributed by atoms with Crippen LogP contribution in [0.5, 0.6) is 0 Å². The van der Waals surface area contributed by atoms with Gasteiger partial charge in [0.05, 0.1) is 0 Å². The summed E-state index contributed by atoms with van der Waals surface area (Å²) < 4.78 is 0. The van der Waals surface area contributed by atoms with E-state index in [1.807, 2.05) is 0 Å². The molecule has 1 aromatic carbocycles. The summed E-state index contributed by atoms with van der Waals surface area (Å²) in [7, 11) is 2.20. The van der Waals surface area contributed by atoms with Gasteiger partial charge in [0.1, 0.15) is 0 Å². The maximum absolute atomic E-state index is 3.47. The van der Waals surface area contributed by atoms with Crippen molar-refractivity contribution in [3.8, 4) is 0 Å². The van der Waals surface area contributed by atoms with E-state index in [0.717, 1.165) is 17.8 Å². The van der Waals surface area contributed by atoms with E-state index in [1.54, 1.807) is 11.1 Å². The fraction of sp³-hybridized carbons (Fsp3) is 0.500. The van der Waals surface area contributed by atoms with Gasteiger partial charge in [0.25, 0.3) is 0 Å². The molecule has 0 saturated heterocycles. The zero-order chi connectivity index (χ0) is 9.97. The van der Waals surface area contributed by atoms with Gasteiger partial charge in [-0.15, -0.1) is 0 Å². The number of fused-ring (bicyclic) bond motifs is 1. The normalized spacial score (nSPS) is 19.2. The van der Waals surface area contributed by atoms with Crippen molar-refractivity contribution in [1.29, 1.82) is 0 Å². The fourth-order valence-electron chi connectivity index (χ4n) is 2.14. The van der Waals surface area contributed by atoms with Gasteiger partial charge in [-0.05, 0) is 24.6 Å². The molecule has 1 nitrogen and oxygen atoms in total. The number of alkyl halides is 1. The number of benzene rings is 1. The number of halogens is 1. The lowest BCUT2D eigenvalue weighted by atomic mass is 9.77. The Bertz CT molecular complexity index is 311. The molecule has 2 heteroatoms. The van der Waals surface area contributed by atoms with Crippen molar-refractivity contribution in [2.45, 2.75) is 12.3 Å². The molecule has 0 fully saturated rings. The number of rotatable bonds is 4. The molecule has 0 saturated carbocycles. The lowest BCUT2D eigenvalue weighted by molar-refractivity contribution is 0.316. The summed E-state index contributed by atoms with van der Waals surface area (Å²) in [5, 5.41) is 1.07. The summed E-state index contributed by atoms with van der Waals surface area (Å²) in [4.78, 5) is 2.40. The van der Waals surface area contributed by atoms with Gasteiger partial charge in [0, 0.05) is 24.3 Å². The Morgan fingerprint density at radius 2 is 2.21 bits per heavy atom. The van der Waals surface area contributed by atoms with Gasteiger partial charge in [-0.2, -0.15) is 0 Å². The first-order chi connectivity index (χ1) is 6.81. The number of nitrogens with zero attached hydrogens (tertiary/aromatic N) is 1. The molecular formula is C12H16BrN. The Morgan fingerprint density at radius 3 is 2.93 bits per heavy atom. The van der Waals surface area contributed by atoms with E-state index in [4.69, 9.17) is 0 Å². The van der Waals surface area contributed by atoms with Crippen LogP contribution in [0.2, 0.25) is 0 Å². The smallest absolute Gasteiger partial charge is 0.0159 e. The van der Waals surface area contributed by atoms with Gasteiger partial charge < -0.3 is 4.90 Å². The van der Waals surface area contributed by atoms with Gasteiger partial charge in [-0.1, -0.05) is 40.2 Å². The van der Waals surface area contributed by atoms with E-state index in [-0.39, 0.29) is 0 Å². The highest BCUT2D eigenvalue weighted by Crippen LogP contribution is 2.34. The topological polar surface area (TPSA) is 3.24 Å². The molecule has 0 heterocycles. The van der Waals surface area contributed by atoms with Crippen LogP contribution in [0, 0.1) is 0 Å². The van der Waals surface area contributed by atoms with Crippen molar-refractivity contribution in [3.63, 3.8) is 0 Å². The number of likely N-dealkylation sites (N-methyl/N-ethyl adjacent to an activating group) is 1. The molecule has 0 radical (unpaired) electrons. The van der Waals surface area contributed by atoms with E-state index in [9.17, 15) is 0 Å². The standard InChI is InChI=1S/C12H16BrN/c1-14(7-6-13)9-11-8-10-4-2-3-5-12(10)11/h2-5,11H,6-9H2,1H3. The highest BCUT2D eigenvalue weighted by molar-refractivity contribution is 9.09. The summed E-state index contributed by atoms with van der Waals surface area (Å²) in [5.41, 5.74) is 3.11. The van der Waals surface area contributed by atoms with E-state index < -0.39 is 0 Å². The van der Waals surface area contributed by atoms with Crippen molar-refractivity contribution in [3.05, 3.63) is 35.4 Å². The molecule has 0 amide bonds. The Hall–Kier alpha value is -0.340. The molecule has 76 valence electrons. The molecule has 1 aliphatic rings. The molecule has 1 unspecified atom stereocenters. The Morgan fingerprint density at radius 1 is 1.43 bits per heavy atom. The zero-order valence-electron chi connectivity index (χ0n) is 8.54. The highest BCUT2D eigenvalue weighted by Gasteiger charge is 2.25. The van der Waals surface area contributed by atoms with Gasteiger partial charge >= 0.3 is 0 Å². The number of hydrogen-bond acceptors (Lipinski definition) is 1. The molecular weight excluding hydrogens is 238 g/mol. The minimum absolute atomic E-state index is 0.773. The van der Waals surface area contributed by atoms with Crippen molar-refractivity contribution < 1.29 is 0 Å². The quantitative estimate of drug-likeness (QED) is 0.747. The maximum atomic E-state index is 3.47. The van der Waals surface area contributed by atoms with E-state index in [2.05, 4.69) is 52.1 Å². The summed E-state index contributed by atoms with van der Waals surface area (Å²) in [6, 6.07) is 8.80. The van der Waals surface area contributed by atoms with Crippen molar-refractivity contribution >= 4 is 15.9 Å². The van der Waals surface area contributed by atoms with Crippen molar-refractivity contribution in [2.24, 2.45) is 0 Å². The fourth-order valence-corrected chi connectivity index (χ4v) is 2.74. The van der Waals surface area contributed by atoms with Crippen LogP contribution in [-0.2, 0) is 6.42 Å². The van der Waals surface area contributed by atoms with Crippen LogP contribution in [0.3, 0.4) is 0 Å². The second kappa shape index (κ2) is 4.45. The molecule has 0 spiro atoms. The SMILES string of the molecule is CN(CCBr)CC1Cc2ccccc21. The monoisotopic (exact) mass is 253 g/mol. The van der Waals surface area contributed by atoms with E-state index >= 15 is 0 Å². The minimum Gasteiger partial charge on any atom is -0.305 e. The lowest BCUT2D eigenvalue weighted by Gasteiger charge is -2.33. The zero-order valence-corrected chi connectivity index (χ0v) is 10.1. The molecule has 1 atom stereocenters. The summed E-state index contributed by atoms with van der Waals surface area (Å²) in [6.07, 6.45) is 1.27. The molecule has 2 rings (SSSR count). The first kappa shape index (κ1) is 10.2. The van der Waals surface area contributed by atoms with Gasteiger partial charge in [-0.3, -0.25) is 0 Å². The van der Waals surface area contributed by atoms with Crippen LogP contribution in [0.4, 0.5) is 0 Å². The average molecular weight is 254 g/mol. The molecule has 0 aromatic heterocycles. The van der Waals surface area contributed by atoms with Crippen LogP contribution in [-0.4, -0.2) is 30.4 Å². The molecule has 1 aromatic rings.